The highest BCUT2D eigenvalue weighted by molar-refractivity contribution is 6.01. The summed E-state index contributed by atoms with van der Waals surface area (Å²) in [7, 11) is 3.05. The summed E-state index contributed by atoms with van der Waals surface area (Å²) in [6, 6.07) is 5.03. The van der Waals surface area contributed by atoms with E-state index in [0.717, 1.165) is 0 Å². The Bertz CT molecular complexity index is 451. The zero-order valence-electron chi connectivity index (χ0n) is 11.1. The average Bonchev–Trinajstić information content (AvgIpc) is 2.36. The minimum atomic E-state index is -0.343. The van der Waals surface area contributed by atoms with E-state index in [1.54, 1.807) is 32.2 Å². The van der Waals surface area contributed by atoms with E-state index in [9.17, 15) is 9.59 Å². The Balaban J connectivity index is 3.01. The van der Waals surface area contributed by atoms with Gasteiger partial charge in [-0.3, -0.25) is 4.79 Å². The first kappa shape index (κ1) is 14.2. The SMILES string of the molecule is COc1ccc(C(=O)C(C)CC(C)=O)c(OC)c1. The van der Waals surface area contributed by atoms with Crippen molar-refractivity contribution >= 4 is 11.6 Å². The second-order valence-electron chi connectivity index (χ2n) is 4.24. The van der Waals surface area contributed by atoms with Crippen LogP contribution in [-0.4, -0.2) is 25.8 Å². The maximum absolute atomic E-state index is 12.2. The number of methoxy groups -OCH3 is 2. The molecule has 0 bridgehead atoms. The van der Waals surface area contributed by atoms with Gasteiger partial charge in [0.05, 0.1) is 19.8 Å². The molecule has 0 fully saturated rings. The lowest BCUT2D eigenvalue weighted by molar-refractivity contribution is -0.117. The van der Waals surface area contributed by atoms with E-state index < -0.39 is 0 Å². The number of rotatable bonds is 6. The zero-order chi connectivity index (χ0) is 13.7. The normalized spacial score (nSPS) is 11.8. The third-order valence-corrected chi connectivity index (χ3v) is 2.72. The van der Waals surface area contributed by atoms with Crippen LogP contribution in [0.25, 0.3) is 0 Å². The molecule has 4 heteroatoms. The van der Waals surface area contributed by atoms with Gasteiger partial charge in [-0.2, -0.15) is 0 Å². The first-order valence-corrected chi connectivity index (χ1v) is 5.75. The molecule has 0 aromatic heterocycles. The highest BCUT2D eigenvalue weighted by atomic mass is 16.5. The van der Waals surface area contributed by atoms with Crippen LogP contribution in [0.4, 0.5) is 0 Å². The van der Waals surface area contributed by atoms with Crippen molar-refractivity contribution in [1.82, 2.24) is 0 Å². The first-order valence-electron chi connectivity index (χ1n) is 5.75. The van der Waals surface area contributed by atoms with Gasteiger partial charge in [-0.25, -0.2) is 0 Å². The largest absolute Gasteiger partial charge is 0.497 e. The Morgan fingerprint density at radius 1 is 1.22 bits per heavy atom. The third kappa shape index (κ3) is 3.32. The number of hydrogen-bond acceptors (Lipinski definition) is 4. The molecule has 0 N–H and O–H groups in total. The van der Waals surface area contributed by atoms with Crippen LogP contribution in [0.15, 0.2) is 18.2 Å². The quantitative estimate of drug-likeness (QED) is 0.728. The second-order valence-corrected chi connectivity index (χ2v) is 4.24. The smallest absolute Gasteiger partial charge is 0.169 e. The number of hydrogen-bond donors (Lipinski definition) is 0. The van der Waals surface area contributed by atoms with Crippen LogP contribution < -0.4 is 9.47 Å². The van der Waals surface area contributed by atoms with Crippen LogP contribution in [0.3, 0.4) is 0 Å². The third-order valence-electron chi connectivity index (χ3n) is 2.72. The summed E-state index contributed by atoms with van der Waals surface area (Å²) in [4.78, 5) is 23.2. The van der Waals surface area contributed by atoms with E-state index in [1.165, 1.54) is 14.0 Å². The maximum atomic E-state index is 12.2. The van der Waals surface area contributed by atoms with Crippen molar-refractivity contribution in [2.45, 2.75) is 20.3 Å². The average molecular weight is 250 g/mol. The van der Waals surface area contributed by atoms with Crippen LogP contribution in [0.1, 0.15) is 30.6 Å². The van der Waals surface area contributed by atoms with E-state index in [1.807, 2.05) is 0 Å². The fraction of sp³-hybridized carbons (Fsp3) is 0.429. The van der Waals surface area contributed by atoms with Crippen LogP contribution in [0.5, 0.6) is 11.5 Å². The lowest BCUT2D eigenvalue weighted by Crippen LogP contribution is -2.15. The van der Waals surface area contributed by atoms with Gasteiger partial charge in [-0.1, -0.05) is 6.92 Å². The molecule has 0 aliphatic heterocycles. The molecule has 98 valence electrons. The van der Waals surface area contributed by atoms with Gasteiger partial charge in [0.25, 0.3) is 0 Å². The molecule has 0 saturated heterocycles. The van der Waals surface area contributed by atoms with E-state index in [2.05, 4.69) is 0 Å². The lowest BCUT2D eigenvalue weighted by Gasteiger charge is -2.13. The molecule has 0 amide bonds. The summed E-state index contributed by atoms with van der Waals surface area (Å²) >= 11 is 0. The molecule has 0 spiro atoms. The van der Waals surface area contributed by atoms with Gasteiger partial charge in [0.1, 0.15) is 17.3 Å². The molecule has 1 aromatic rings. The fourth-order valence-corrected chi connectivity index (χ4v) is 1.79. The van der Waals surface area contributed by atoms with Crippen molar-refractivity contribution in [1.29, 1.82) is 0 Å². The van der Waals surface area contributed by atoms with Crippen molar-refractivity contribution < 1.29 is 19.1 Å². The van der Waals surface area contributed by atoms with Crippen LogP contribution in [0, 0.1) is 5.92 Å². The molecular weight excluding hydrogens is 232 g/mol. The first-order chi connectivity index (χ1) is 8.49. The van der Waals surface area contributed by atoms with E-state index in [4.69, 9.17) is 9.47 Å². The summed E-state index contributed by atoms with van der Waals surface area (Å²) in [5, 5.41) is 0. The van der Waals surface area contributed by atoms with E-state index >= 15 is 0 Å². The van der Waals surface area contributed by atoms with Gasteiger partial charge in [0, 0.05) is 18.4 Å². The van der Waals surface area contributed by atoms with Gasteiger partial charge in [-0.15, -0.1) is 0 Å². The van der Waals surface area contributed by atoms with Gasteiger partial charge in [0.15, 0.2) is 5.78 Å². The summed E-state index contributed by atoms with van der Waals surface area (Å²) in [5.74, 6) is 0.662. The highest BCUT2D eigenvalue weighted by Gasteiger charge is 2.20. The fourth-order valence-electron chi connectivity index (χ4n) is 1.79. The maximum Gasteiger partial charge on any atom is 0.169 e. The Labute approximate surface area is 107 Å². The van der Waals surface area contributed by atoms with Gasteiger partial charge >= 0.3 is 0 Å². The molecule has 0 radical (unpaired) electrons. The number of Topliss-reactive ketones (excluding diaryl/α,β-unsaturated/α-hetero) is 2. The molecular formula is C14H18O4. The summed E-state index contributed by atoms with van der Waals surface area (Å²) in [5.41, 5.74) is 0.479. The summed E-state index contributed by atoms with van der Waals surface area (Å²) in [6.45, 7) is 3.22. The van der Waals surface area contributed by atoms with Crippen LogP contribution in [-0.2, 0) is 4.79 Å². The van der Waals surface area contributed by atoms with Crippen molar-refractivity contribution in [3.8, 4) is 11.5 Å². The molecule has 1 rings (SSSR count). The Hall–Kier alpha value is -1.84. The molecule has 4 nitrogen and oxygen atoms in total. The minimum absolute atomic E-state index is 0.00308. The Kier molecular flexibility index (Phi) is 4.89. The van der Waals surface area contributed by atoms with Crippen LogP contribution in [0.2, 0.25) is 0 Å². The number of carbonyl (C=O) groups is 2. The molecule has 0 aliphatic carbocycles. The molecule has 1 aromatic carbocycles. The number of benzene rings is 1. The molecule has 0 heterocycles. The lowest BCUT2D eigenvalue weighted by atomic mass is 9.94. The molecule has 0 saturated carbocycles. The number of carbonyl (C=O) groups excluding carboxylic acids is 2. The van der Waals surface area contributed by atoms with Crippen molar-refractivity contribution in [2.75, 3.05) is 14.2 Å². The van der Waals surface area contributed by atoms with Crippen molar-refractivity contribution in [3.63, 3.8) is 0 Å². The van der Waals surface area contributed by atoms with Crippen molar-refractivity contribution in [3.05, 3.63) is 23.8 Å². The highest BCUT2D eigenvalue weighted by Crippen LogP contribution is 2.27. The Morgan fingerprint density at radius 2 is 1.89 bits per heavy atom. The second kappa shape index (κ2) is 6.19. The predicted molar refractivity (Wildman–Crippen MR) is 68.3 cm³/mol. The topological polar surface area (TPSA) is 52.6 Å². The standard InChI is InChI=1S/C14H18O4/c1-9(7-10(2)15)14(16)12-6-5-11(17-3)8-13(12)18-4/h5-6,8-9H,7H2,1-4H3. The molecule has 0 aliphatic rings. The summed E-state index contributed by atoms with van der Waals surface area (Å²) < 4.78 is 10.2. The predicted octanol–water partition coefficient (Wildman–Crippen LogP) is 2.50. The van der Waals surface area contributed by atoms with E-state index in [0.29, 0.717) is 17.1 Å². The van der Waals surface area contributed by atoms with Gasteiger partial charge in [-0.05, 0) is 19.1 Å². The van der Waals surface area contributed by atoms with E-state index in [-0.39, 0.29) is 23.9 Å². The molecule has 18 heavy (non-hydrogen) atoms. The summed E-state index contributed by atoms with van der Waals surface area (Å²) in [6.07, 6.45) is 0.244. The van der Waals surface area contributed by atoms with Gasteiger partial charge < -0.3 is 14.3 Å². The number of ether oxygens (including phenoxy) is 2. The number of ketones is 2. The monoisotopic (exact) mass is 250 g/mol. The molecule has 1 atom stereocenters. The van der Waals surface area contributed by atoms with Gasteiger partial charge in [0.2, 0.25) is 0 Å². The van der Waals surface area contributed by atoms with Crippen molar-refractivity contribution in [2.24, 2.45) is 5.92 Å². The zero-order valence-corrected chi connectivity index (χ0v) is 11.1. The van der Waals surface area contributed by atoms with Crippen LogP contribution >= 0.6 is 0 Å². The minimum Gasteiger partial charge on any atom is -0.497 e. The molecule has 1 unspecified atom stereocenters. The Morgan fingerprint density at radius 3 is 2.39 bits per heavy atom.